The highest BCUT2D eigenvalue weighted by atomic mass is 28.4. The molecule has 0 radical (unpaired) electrons. The lowest BCUT2D eigenvalue weighted by Crippen LogP contribution is -2.45. The molecule has 0 bridgehead atoms. The molecule has 0 fully saturated rings. The van der Waals surface area contributed by atoms with Gasteiger partial charge in [0.15, 0.2) is 8.32 Å². The lowest BCUT2D eigenvalue weighted by molar-refractivity contribution is 0.187. The molecule has 0 aliphatic rings. The minimum atomic E-state index is -2.37. The largest absolute Gasteiger partial charge is 0.543 e. The van der Waals surface area contributed by atoms with E-state index in [2.05, 4.69) is 191 Å². The summed E-state index contributed by atoms with van der Waals surface area (Å²) in [5.41, 5.74) is 3.25. The van der Waals surface area contributed by atoms with Crippen molar-refractivity contribution in [3.8, 4) is 28.4 Å². The van der Waals surface area contributed by atoms with Crippen LogP contribution >= 0.6 is 0 Å². The molecule has 0 aliphatic heterocycles. The normalized spacial score (nSPS) is 14.7. The zero-order valence-corrected chi connectivity index (χ0v) is 40.8. The summed E-state index contributed by atoms with van der Waals surface area (Å²) in [4.78, 5) is 0. The Morgan fingerprint density at radius 2 is 0.981 bits per heavy atom. The van der Waals surface area contributed by atoms with E-state index in [1.54, 1.807) is 0 Å². The molecular formula is C44H74O4Si4. The third kappa shape index (κ3) is 9.57. The third-order valence-corrected chi connectivity index (χ3v) is 30.3. The standard InChI is InChI=1S/C44H74O4Si4/c1-22-25-36(46-50(16,17)42(5,6)7)35-29-28-32-26-23-24-27-34(32)39(35)40-37(47-51(18,19)43(8,9)10)30-33(45-49(14,15)41(2,3)4)31-38(40)48-52(20,21)44(11,12)13/h22-24,26-31,36H,1,25H2,2-21H3/t36-/m1/s1. The van der Waals surface area contributed by atoms with E-state index >= 15 is 0 Å². The molecule has 3 aromatic rings. The van der Waals surface area contributed by atoms with Crippen molar-refractivity contribution >= 4 is 44.0 Å². The van der Waals surface area contributed by atoms with Gasteiger partial charge in [-0.15, -0.1) is 6.58 Å². The van der Waals surface area contributed by atoms with Crippen LogP contribution in [-0.2, 0) is 4.43 Å². The number of rotatable bonds is 12. The minimum absolute atomic E-state index is 0.0222. The topological polar surface area (TPSA) is 36.9 Å². The van der Waals surface area contributed by atoms with Crippen molar-refractivity contribution in [3.63, 3.8) is 0 Å². The van der Waals surface area contributed by atoms with Crippen LogP contribution in [-0.4, -0.2) is 33.3 Å². The first-order valence-corrected chi connectivity index (χ1v) is 31.0. The van der Waals surface area contributed by atoms with E-state index in [9.17, 15) is 0 Å². The number of benzene rings is 3. The maximum Gasteiger partial charge on any atom is 0.250 e. The van der Waals surface area contributed by atoms with Crippen molar-refractivity contribution in [2.45, 2.75) is 168 Å². The van der Waals surface area contributed by atoms with E-state index in [1.165, 1.54) is 5.39 Å². The van der Waals surface area contributed by atoms with Crippen LogP contribution in [0.15, 0.2) is 61.2 Å². The summed E-state index contributed by atoms with van der Waals surface area (Å²) in [7, 11) is -9.15. The van der Waals surface area contributed by atoms with Crippen LogP contribution in [0, 0.1) is 0 Å². The van der Waals surface area contributed by atoms with Crippen LogP contribution in [0.5, 0.6) is 17.2 Å². The Morgan fingerprint density at radius 3 is 1.40 bits per heavy atom. The first kappa shape index (κ1) is 44.3. The zero-order chi connectivity index (χ0) is 40.1. The van der Waals surface area contributed by atoms with Crippen LogP contribution in [0.25, 0.3) is 21.9 Å². The second kappa shape index (κ2) is 14.9. The highest BCUT2D eigenvalue weighted by molar-refractivity contribution is 6.76. The van der Waals surface area contributed by atoms with Crippen LogP contribution in [0.1, 0.15) is 101 Å². The molecule has 0 N–H and O–H groups in total. The molecule has 4 nitrogen and oxygen atoms in total. The van der Waals surface area contributed by atoms with Gasteiger partial charge in [0, 0.05) is 17.7 Å². The molecule has 3 rings (SSSR count). The maximum absolute atomic E-state index is 7.49. The van der Waals surface area contributed by atoms with Gasteiger partial charge < -0.3 is 17.7 Å². The Bertz CT molecular complexity index is 1680. The smallest absolute Gasteiger partial charge is 0.250 e. The second-order valence-corrected chi connectivity index (χ2v) is 40.0. The van der Waals surface area contributed by atoms with Crippen LogP contribution in [0.3, 0.4) is 0 Å². The monoisotopic (exact) mass is 778 g/mol. The molecule has 1 atom stereocenters. The molecule has 0 aliphatic carbocycles. The molecule has 0 unspecified atom stereocenters. The van der Waals surface area contributed by atoms with Gasteiger partial charge in [-0.05, 0) is 95.3 Å². The lowest BCUT2D eigenvalue weighted by Gasteiger charge is -2.41. The van der Waals surface area contributed by atoms with E-state index < -0.39 is 33.3 Å². The average molecular weight is 779 g/mol. The Kier molecular flexibility index (Phi) is 12.6. The summed E-state index contributed by atoms with van der Waals surface area (Å²) in [6.07, 6.45) is 2.51. The molecule has 0 amide bonds. The van der Waals surface area contributed by atoms with E-state index in [-0.39, 0.29) is 26.3 Å². The third-order valence-electron chi connectivity index (χ3n) is 12.7. The van der Waals surface area contributed by atoms with E-state index in [0.717, 1.165) is 39.3 Å². The summed E-state index contributed by atoms with van der Waals surface area (Å²) in [5.74, 6) is 2.48. The van der Waals surface area contributed by atoms with Crippen molar-refractivity contribution in [1.82, 2.24) is 0 Å². The molecule has 8 heteroatoms. The van der Waals surface area contributed by atoms with Gasteiger partial charge in [-0.3, -0.25) is 0 Å². The van der Waals surface area contributed by atoms with Crippen molar-refractivity contribution in [2.24, 2.45) is 0 Å². The quantitative estimate of drug-likeness (QED) is 0.136. The number of hydrogen-bond donors (Lipinski definition) is 0. The van der Waals surface area contributed by atoms with E-state index in [0.29, 0.717) is 6.42 Å². The van der Waals surface area contributed by atoms with Gasteiger partial charge in [-0.1, -0.05) is 126 Å². The SMILES string of the molecule is C=CC[C@@H](O[Si](C)(C)C(C)(C)C)c1ccc2ccccc2c1-c1c(O[Si](C)(C)C(C)(C)C)cc(O[Si](C)(C)C(C)(C)C)cc1O[Si](C)(C)C(C)(C)C. The first-order chi connectivity index (χ1) is 23.3. The van der Waals surface area contributed by atoms with E-state index in [4.69, 9.17) is 17.7 Å². The molecule has 0 spiro atoms. The maximum atomic E-state index is 7.49. The molecule has 52 heavy (non-hydrogen) atoms. The number of hydrogen-bond acceptors (Lipinski definition) is 4. The van der Waals surface area contributed by atoms with Crippen molar-refractivity contribution in [3.05, 3.63) is 66.7 Å². The zero-order valence-electron chi connectivity index (χ0n) is 36.8. The fraction of sp³-hybridized carbons (Fsp3) is 0.591. The van der Waals surface area contributed by atoms with Gasteiger partial charge in [0.2, 0.25) is 8.32 Å². The lowest BCUT2D eigenvalue weighted by atomic mass is 9.89. The highest BCUT2D eigenvalue weighted by Crippen LogP contribution is 2.53. The Hall–Kier alpha value is -2.11. The minimum Gasteiger partial charge on any atom is -0.543 e. The highest BCUT2D eigenvalue weighted by Gasteiger charge is 2.45. The molecule has 0 aromatic heterocycles. The molecule has 0 saturated carbocycles. The van der Waals surface area contributed by atoms with Crippen LogP contribution in [0.2, 0.25) is 72.5 Å². The fourth-order valence-electron chi connectivity index (χ4n) is 5.09. The van der Waals surface area contributed by atoms with Gasteiger partial charge in [-0.25, -0.2) is 0 Å². The van der Waals surface area contributed by atoms with Crippen molar-refractivity contribution in [1.29, 1.82) is 0 Å². The summed E-state index contributed by atoms with van der Waals surface area (Å²) in [6.45, 7) is 50.5. The molecule has 0 saturated heterocycles. The number of fused-ring (bicyclic) bond motifs is 1. The molecule has 0 heterocycles. The predicted octanol–water partition coefficient (Wildman–Crippen LogP) is 15.3. The molecule has 290 valence electrons. The van der Waals surface area contributed by atoms with E-state index in [1.807, 2.05) is 6.08 Å². The molecular weight excluding hydrogens is 705 g/mol. The van der Waals surface area contributed by atoms with Gasteiger partial charge in [0.25, 0.3) is 16.6 Å². The predicted molar refractivity (Wildman–Crippen MR) is 239 cm³/mol. The molecule has 3 aromatic carbocycles. The van der Waals surface area contributed by atoms with Gasteiger partial charge in [0.05, 0.1) is 11.7 Å². The second-order valence-electron chi connectivity index (χ2n) is 21.0. The Labute approximate surface area is 323 Å². The van der Waals surface area contributed by atoms with Gasteiger partial charge in [-0.2, -0.15) is 0 Å². The Balaban J connectivity index is 2.65. The summed E-state index contributed by atoms with van der Waals surface area (Å²) < 4.78 is 29.4. The summed E-state index contributed by atoms with van der Waals surface area (Å²) in [5, 5.41) is 2.34. The Morgan fingerprint density at radius 1 is 0.558 bits per heavy atom. The van der Waals surface area contributed by atoms with Crippen LogP contribution in [0.4, 0.5) is 0 Å². The fourth-order valence-corrected chi connectivity index (χ4v) is 9.43. The van der Waals surface area contributed by atoms with Gasteiger partial charge in [0.1, 0.15) is 17.2 Å². The van der Waals surface area contributed by atoms with Crippen LogP contribution < -0.4 is 13.3 Å². The summed E-state index contributed by atoms with van der Waals surface area (Å²) >= 11 is 0. The van der Waals surface area contributed by atoms with Gasteiger partial charge >= 0.3 is 0 Å². The summed E-state index contributed by atoms with van der Waals surface area (Å²) in [6, 6.07) is 17.6. The van der Waals surface area contributed by atoms with Crippen molar-refractivity contribution in [2.75, 3.05) is 0 Å². The first-order valence-electron chi connectivity index (χ1n) is 19.3. The average Bonchev–Trinajstić information content (AvgIpc) is 2.93. The van der Waals surface area contributed by atoms with Crippen molar-refractivity contribution < 1.29 is 17.7 Å².